The third kappa shape index (κ3) is 2.61. The van der Waals surface area contributed by atoms with Crippen molar-refractivity contribution in [1.29, 1.82) is 0 Å². The van der Waals surface area contributed by atoms with Crippen LogP contribution in [0, 0.1) is 5.92 Å². The van der Waals surface area contributed by atoms with Gasteiger partial charge in [-0.2, -0.15) is 0 Å². The zero-order valence-corrected chi connectivity index (χ0v) is 8.32. The van der Waals surface area contributed by atoms with E-state index >= 15 is 0 Å². The van der Waals surface area contributed by atoms with Crippen LogP contribution in [0.2, 0.25) is 0 Å². The fourth-order valence-electron chi connectivity index (χ4n) is 1.68. The van der Waals surface area contributed by atoms with Crippen molar-refractivity contribution in [3.8, 4) is 0 Å². The quantitative estimate of drug-likeness (QED) is 0.682. The molecule has 0 aromatic rings. The van der Waals surface area contributed by atoms with Crippen molar-refractivity contribution < 1.29 is 14.7 Å². The topological polar surface area (TPSA) is 69.6 Å². The van der Waals surface area contributed by atoms with Gasteiger partial charge >= 0.3 is 6.09 Å². The molecule has 5 nitrogen and oxygen atoms in total. The van der Waals surface area contributed by atoms with Crippen LogP contribution in [0.25, 0.3) is 0 Å². The zero-order chi connectivity index (χ0) is 10.6. The summed E-state index contributed by atoms with van der Waals surface area (Å²) in [7, 11) is 0. The SMILES string of the molecule is CCNC(=O)C1CCCN(C(=O)O)C1. The number of carbonyl (C=O) groups is 2. The normalized spacial score (nSPS) is 21.8. The van der Waals surface area contributed by atoms with E-state index in [2.05, 4.69) is 5.32 Å². The monoisotopic (exact) mass is 200 g/mol. The molecule has 2 amide bonds. The number of nitrogens with zero attached hydrogens (tertiary/aromatic N) is 1. The van der Waals surface area contributed by atoms with Gasteiger partial charge in [0, 0.05) is 19.6 Å². The molecule has 1 fully saturated rings. The highest BCUT2D eigenvalue weighted by Gasteiger charge is 2.27. The van der Waals surface area contributed by atoms with Crippen LogP contribution in [0.1, 0.15) is 19.8 Å². The molecular formula is C9H16N2O3. The maximum Gasteiger partial charge on any atom is 0.407 e. The van der Waals surface area contributed by atoms with Crippen LogP contribution >= 0.6 is 0 Å². The van der Waals surface area contributed by atoms with E-state index in [1.54, 1.807) is 0 Å². The Morgan fingerprint density at radius 3 is 2.86 bits per heavy atom. The second kappa shape index (κ2) is 4.83. The average molecular weight is 200 g/mol. The van der Waals surface area contributed by atoms with Crippen molar-refractivity contribution in [1.82, 2.24) is 10.2 Å². The highest BCUT2D eigenvalue weighted by molar-refractivity contribution is 5.79. The summed E-state index contributed by atoms with van der Waals surface area (Å²) in [5.41, 5.74) is 0. The standard InChI is InChI=1S/C9H16N2O3/c1-2-10-8(12)7-4-3-5-11(6-7)9(13)14/h7H,2-6H2,1H3,(H,10,12)(H,13,14). The maximum atomic E-state index is 11.4. The fraction of sp³-hybridized carbons (Fsp3) is 0.778. The second-order valence-corrected chi connectivity index (χ2v) is 3.46. The van der Waals surface area contributed by atoms with E-state index in [4.69, 9.17) is 5.11 Å². The van der Waals surface area contributed by atoms with Gasteiger partial charge in [-0.3, -0.25) is 4.79 Å². The zero-order valence-electron chi connectivity index (χ0n) is 8.32. The highest BCUT2D eigenvalue weighted by Crippen LogP contribution is 2.16. The Morgan fingerprint density at radius 1 is 1.57 bits per heavy atom. The Bertz CT molecular complexity index is 230. The number of carbonyl (C=O) groups excluding carboxylic acids is 1. The van der Waals surface area contributed by atoms with E-state index in [1.807, 2.05) is 6.92 Å². The lowest BCUT2D eigenvalue weighted by Gasteiger charge is -2.29. The number of nitrogens with one attached hydrogen (secondary N) is 1. The number of piperidine rings is 1. The van der Waals surface area contributed by atoms with Gasteiger partial charge in [0.1, 0.15) is 0 Å². The van der Waals surface area contributed by atoms with Gasteiger partial charge in [-0.05, 0) is 19.8 Å². The number of carboxylic acid groups (broad SMARTS) is 1. The Balaban J connectivity index is 2.47. The first-order chi connectivity index (χ1) is 6.65. The van der Waals surface area contributed by atoms with Gasteiger partial charge in [0.2, 0.25) is 5.91 Å². The Kier molecular flexibility index (Phi) is 3.73. The molecule has 1 rings (SSSR count). The molecule has 0 saturated carbocycles. The summed E-state index contributed by atoms with van der Waals surface area (Å²) in [4.78, 5) is 23.4. The Hall–Kier alpha value is -1.26. The molecule has 0 radical (unpaired) electrons. The van der Waals surface area contributed by atoms with Crippen molar-refractivity contribution >= 4 is 12.0 Å². The number of likely N-dealkylation sites (tertiary alicyclic amines) is 1. The molecule has 0 aromatic heterocycles. The average Bonchev–Trinajstić information content (AvgIpc) is 2.18. The van der Waals surface area contributed by atoms with Gasteiger partial charge < -0.3 is 15.3 Å². The summed E-state index contributed by atoms with van der Waals surface area (Å²) in [5, 5.41) is 11.5. The lowest BCUT2D eigenvalue weighted by molar-refractivity contribution is -0.126. The van der Waals surface area contributed by atoms with E-state index < -0.39 is 6.09 Å². The predicted octanol–water partition coefficient (Wildman–Crippen LogP) is 0.513. The first-order valence-electron chi connectivity index (χ1n) is 4.90. The molecule has 1 heterocycles. The molecule has 1 aliphatic rings. The van der Waals surface area contributed by atoms with Crippen LogP contribution in [0.4, 0.5) is 4.79 Å². The van der Waals surface area contributed by atoms with Crippen LogP contribution in [0.15, 0.2) is 0 Å². The fourth-order valence-corrected chi connectivity index (χ4v) is 1.68. The predicted molar refractivity (Wildman–Crippen MR) is 51.0 cm³/mol. The molecule has 14 heavy (non-hydrogen) atoms. The van der Waals surface area contributed by atoms with E-state index in [1.165, 1.54) is 4.90 Å². The van der Waals surface area contributed by atoms with Gasteiger partial charge in [-0.15, -0.1) is 0 Å². The summed E-state index contributed by atoms with van der Waals surface area (Å²) >= 11 is 0. The third-order valence-electron chi connectivity index (χ3n) is 2.41. The minimum atomic E-state index is -0.931. The summed E-state index contributed by atoms with van der Waals surface area (Å²) < 4.78 is 0. The van der Waals surface area contributed by atoms with Crippen LogP contribution in [0.3, 0.4) is 0 Å². The van der Waals surface area contributed by atoms with Gasteiger partial charge in [0.15, 0.2) is 0 Å². The van der Waals surface area contributed by atoms with Gasteiger partial charge in [-0.1, -0.05) is 0 Å². The van der Waals surface area contributed by atoms with Crippen molar-refractivity contribution in [2.24, 2.45) is 5.92 Å². The first kappa shape index (κ1) is 10.8. The Morgan fingerprint density at radius 2 is 2.29 bits per heavy atom. The molecule has 1 unspecified atom stereocenters. The molecule has 2 N–H and O–H groups in total. The number of amides is 2. The highest BCUT2D eigenvalue weighted by atomic mass is 16.4. The van der Waals surface area contributed by atoms with Crippen LogP contribution in [-0.2, 0) is 4.79 Å². The van der Waals surface area contributed by atoms with Gasteiger partial charge in [-0.25, -0.2) is 4.79 Å². The molecule has 0 spiro atoms. The van der Waals surface area contributed by atoms with Crippen LogP contribution in [-0.4, -0.2) is 41.6 Å². The smallest absolute Gasteiger partial charge is 0.407 e. The molecule has 1 saturated heterocycles. The maximum absolute atomic E-state index is 11.4. The molecule has 80 valence electrons. The lowest BCUT2D eigenvalue weighted by atomic mass is 9.97. The minimum Gasteiger partial charge on any atom is -0.465 e. The van der Waals surface area contributed by atoms with E-state index in [0.29, 0.717) is 19.6 Å². The first-order valence-corrected chi connectivity index (χ1v) is 4.90. The van der Waals surface area contributed by atoms with Gasteiger partial charge in [0.25, 0.3) is 0 Å². The van der Waals surface area contributed by atoms with Crippen molar-refractivity contribution in [3.05, 3.63) is 0 Å². The van der Waals surface area contributed by atoms with Crippen molar-refractivity contribution in [2.45, 2.75) is 19.8 Å². The van der Waals surface area contributed by atoms with Gasteiger partial charge in [0.05, 0.1) is 5.92 Å². The Labute approximate surface area is 83.1 Å². The molecule has 5 heteroatoms. The molecule has 0 bridgehead atoms. The van der Waals surface area contributed by atoms with Crippen molar-refractivity contribution in [3.63, 3.8) is 0 Å². The van der Waals surface area contributed by atoms with Crippen LogP contribution < -0.4 is 5.32 Å². The van der Waals surface area contributed by atoms with Crippen LogP contribution in [0.5, 0.6) is 0 Å². The second-order valence-electron chi connectivity index (χ2n) is 3.46. The summed E-state index contributed by atoms with van der Waals surface area (Å²) in [6, 6.07) is 0. The summed E-state index contributed by atoms with van der Waals surface area (Å²) in [6.45, 7) is 3.34. The number of hydrogen-bond donors (Lipinski definition) is 2. The van der Waals surface area contributed by atoms with Crippen molar-refractivity contribution in [2.75, 3.05) is 19.6 Å². The number of rotatable bonds is 2. The van der Waals surface area contributed by atoms with E-state index in [0.717, 1.165) is 12.8 Å². The summed E-state index contributed by atoms with van der Waals surface area (Å²) in [5.74, 6) is -0.196. The molecule has 0 aromatic carbocycles. The molecule has 0 aliphatic carbocycles. The third-order valence-corrected chi connectivity index (χ3v) is 2.41. The largest absolute Gasteiger partial charge is 0.465 e. The van der Waals surface area contributed by atoms with E-state index in [-0.39, 0.29) is 11.8 Å². The lowest BCUT2D eigenvalue weighted by Crippen LogP contribution is -2.44. The number of hydrogen-bond acceptors (Lipinski definition) is 2. The van der Waals surface area contributed by atoms with E-state index in [9.17, 15) is 9.59 Å². The molecule has 1 aliphatic heterocycles. The molecule has 1 atom stereocenters. The minimum absolute atomic E-state index is 0.0292. The molecular weight excluding hydrogens is 184 g/mol. The summed E-state index contributed by atoms with van der Waals surface area (Å²) in [6.07, 6.45) is 0.628.